The first-order chi connectivity index (χ1) is 9.56. The molecule has 20 heavy (non-hydrogen) atoms. The van der Waals surface area contributed by atoms with Crippen molar-refractivity contribution in [3.63, 3.8) is 0 Å². The van der Waals surface area contributed by atoms with E-state index in [0.29, 0.717) is 12.5 Å². The van der Waals surface area contributed by atoms with Gasteiger partial charge in [-0.15, -0.1) is 0 Å². The molecule has 6 heteroatoms. The van der Waals surface area contributed by atoms with Crippen LogP contribution in [0.25, 0.3) is 0 Å². The number of benzene rings is 1. The van der Waals surface area contributed by atoms with Gasteiger partial charge in [0.15, 0.2) is 0 Å². The van der Waals surface area contributed by atoms with Crippen molar-refractivity contribution in [1.29, 1.82) is 0 Å². The third kappa shape index (κ3) is 4.28. The zero-order valence-electron chi connectivity index (χ0n) is 11.8. The maximum Gasteiger partial charge on any atom is 0.488 e. The Hall–Kier alpha value is -0.945. The van der Waals surface area contributed by atoms with Crippen LogP contribution in [0.1, 0.15) is 18.4 Å². The van der Waals surface area contributed by atoms with Gasteiger partial charge in [-0.2, -0.15) is 0 Å². The van der Waals surface area contributed by atoms with E-state index in [-0.39, 0.29) is 5.46 Å². The predicted octanol–water partition coefficient (Wildman–Crippen LogP) is 0.364. The molecule has 0 bridgehead atoms. The fourth-order valence-electron chi connectivity index (χ4n) is 2.68. The van der Waals surface area contributed by atoms with Gasteiger partial charge in [0.2, 0.25) is 0 Å². The van der Waals surface area contributed by atoms with Crippen LogP contribution >= 0.6 is 0 Å². The molecule has 0 aromatic heterocycles. The molecular weight excluding hydrogens is 260 g/mol. The highest BCUT2D eigenvalue weighted by Gasteiger charge is 2.20. The fourth-order valence-corrected chi connectivity index (χ4v) is 2.68. The molecule has 0 amide bonds. The summed E-state index contributed by atoms with van der Waals surface area (Å²) in [5.74, 6) is 0.153. The van der Waals surface area contributed by atoms with E-state index in [1.807, 2.05) is 7.05 Å². The second-order valence-corrected chi connectivity index (χ2v) is 5.47. The van der Waals surface area contributed by atoms with Crippen LogP contribution in [0.3, 0.4) is 0 Å². The van der Waals surface area contributed by atoms with E-state index < -0.39 is 12.9 Å². The average molecular weight is 281 g/mol. The number of hydrogen-bond donors (Lipinski definition) is 2. The van der Waals surface area contributed by atoms with Gasteiger partial charge in [0.05, 0.1) is 0 Å². The lowest BCUT2D eigenvalue weighted by Gasteiger charge is -2.27. The molecule has 1 aliphatic rings. The first-order valence-corrected chi connectivity index (χ1v) is 6.97. The van der Waals surface area contributed by atoms with E-state index in [0.717, 1.165) is 38.2 Å². The molecule has 0 aliphatic carbocycles. The molecule has 1 saturated heterocycles. The van der Waals surface area contributed by atoms with Gasteiger partial charge < -0.3 is 19.7 Å². The summed E-state index contributed by atoms with van der Waals surface area (Å²) in [7, 11) is 0.351. The minimum Gasteiger partial charge on any atom is -0.423 e. The minimum absolute atomic E-state index is 0.240. The number of halogens is 1. The lowest BCUT2D eigenvalue weighted by Crippen LogP contribution is -2.36. The number of rotatable bonds is 5. The molecule has 2 rings (SSSR count). The molecule has 1 aromatic carbocycles. The van der Waals surface area contributed by atoms with E-state index in [2.05, 4.69) is 4.90 Å². The Morgan fingerprint density at radius 1 is 1.35 bits per heavy atom. The van der Waals surface area contributed by atoms with Crippen molar-refractivity contribution in [3.05, 3.63) is 29.6 Å². The van der Waals surface area contributed by atoms with Crippen molar-refractivity contribution in [2.75, 3.05) is 26.8 Å². The molecular formula is C14H21BFNO3. The van der Waals surface area contributed by atoms with Gasteiger partial charge in [-0.05, 0) is 49.0 Å². The summed E-state index contributed by atoms with van der Waals surface area (Å²) < 4.78 is 18.5. The number of nitrogens with zero attached hydrogens (tertiary/aromatic N) is 1. The zero-order valence-corrected chi connectivity index (χ0v) is 11.8. The summed E-state index contributed by atoms with van der Waals surface area (Å²) in [6.45, 7) is 3.14. The quantitative estimate of drug-likeness (QED) is 0.765. The largest absolute Gasteiger partial charge is 0.488 e. The van der Waals surface area contributed by atoms with Crippen molar-refractivity contribution in [2.24, 2.45) is 5.92 Å². The lowest BCUT2D eigenvalue weighted by molar-refractivity contribution is 0.0550. The predicted molar refractivity (Wildman–Crippen MR) is 76.1 cm³/mol. The van der Waals surface area contributed by atoms with Crippen LogP contribution in [0.15, 0.2) is 18.2 Å². The standard InChI is InChI=1S/C14H21BFNO3/c1-17(9-11-4-6-20-7-5-11)10-12-2-3-13(16)8-14(12)15(18)19/h2-3,8,11,18-19H,4-7,9-10H2,1H3. The van der Waals surface area contributed by atoms with Crippen molar-refractivity contribution in [3.8, 4) is 0 Å². The molecule has 0 radical (unpaired) electrons. The SMILES string of the molecule is CN(Cc1ccc(F)cc1B(O)O)CC1CCOCC1. The highest BCUT2D eigenvalue weighted by atomic mass is 19.1. The molecule has 1 aliphatic heterocycles. The van der Waals surface area contributed by atoms with Crippen LogP contribution in [-0.2, 0) is 11.3 Å². The van der Waals surface area contributed by atoms with Crippen LogP contribution in [0.5, 0.6) is 0 Å². The number of hydrogen-bond acceptors (Lipinski definition) is 4. The lowest BCUT2D eigenvalue weighted by atomic mass is 9.77. The third-order valence-corrected chi connectivity index (χ3v) is 3.74. The van der Waals surface area contributed by atoms with E-state index in [9.17, 15) is 14.4 Å². The summed E-state index contributed by atoms with van der Waals surface area (Å²) in [6, 6.07) is 4.15. The summed E-state index contributed by atoms with van der Waals surface area (Å²) >= 11 is 0. The normalized spacial score (nSPS) is 16.6. The Morgan fingerprint density at radius 3 is 2.70 bits per heavy atom. The first-order valence-electron chi connectivity index (χ1n) is 6.97. The van der Waals surface area contributed by atoms with Crippen LogP contribution < -0.4 is 5.46 Å². The van der Waals surface area contributed by atoms with Crippen LogP contribution in [0, 0.1) is 11.7 Å². The second-order valence-electron chi connectivity index (χ2n) is 5.47. The van der Waals surface area contributed by atoms with E-state index in [1.54, 1.807) is 6.07 Å². The Morgan fingerprint density at radius 2 is 2.05 bits per heavy atom. The van der Waals surface area contributed by atoms with Crippen molar-refractivity contribution in [2.45, 2.75) is 19.4 Å². The van der Waals surface area contributed by atoms with Gasteiger partial charge >= 0.3 is 7.12 Å². The van der Waals surface area contributed by atoms with Crippen molar-refractivity contribution < 1.29 is 19.2 Å². The summed E-state index contributed by atoms with van der Waals surface area (Å²) in [4.78, 5) is 2.13. The summed E-state index contributed by atoms with van der Waals surface area (Å²) in [5, 5.41) is 18.6. The molecule has 0 unspecified atom stereocenters. The molecule has 2 N–H and O–H groups in total. The smallest absolute Gasteiger partial charge is 0.423 e. The Balaban J connectivity index is 1.97. The average Bonchev–Trinajstić information content (AvgIpc) is 2.41. The minimum atomic E-state index is -1.64. The van der Waals surface area contributed by atoms with Gasteiger partial charge in [0.25, 0.3) is 0 Å². The monoisotopic (exact) mass is 281 g/mol. The van der Waals surface area contributed by atoms with Crippen LogP contribution in [-0.4, -0.2) is 48.9 Å². The van der Waals surface area contributed by atoms with E-state index in [1.165, 1.54) is 12.1 Å². The summed E-state index contributed by atoms with van der Waals surface area (Å²) in [5.41, 5.74) is 0.986. The van der Waals surface area contributed by atoms with Gasteiger partial charge in [0, 0.05) is 26.3 Å². The van der Waals surface area contributed by atoms with E-state index in [4.69, 9.17) is 4.74 Å². The molecule has 110 valence electrons. The second kappa shape index (κ2) is 7.17. The van der Waals surface area contributed by atoms with Gasteiger partial charge in [-0.25, -0.2) is 4.39 Å². The Labute approximate surface area is 119 Å². The van der Waals surface area contributed by atoms with Gasteiger partial charge in [-0.1, -0.05) is 6.07 Å². The highest BCUT2D eigenvalue weighted by molar-refractivity contribution is 6.59. The van der Waals surface area contributed by atoms with Crippen LogP contribution in [0.2, 0.25) is 0 Å². The summed E-state index contributed by atoms with van der Waals surface area (Å²) in [6.07, 6.45) is 2.12. The van der Waals surface area contributed by atoms with Crippen molar-refractivity contribution >= 4 is 12.6 Å². The molecule has 0 saturated carbocycles. The molecule has 1 fully saturated rings. The number of ether oxygens (including phenoxy) is 1. The zero-order chi connectivity index (χ0) is 14.5. The molecule has 1 heterocycles. The van der Waals surface area contributed by atoms with Gasteiger partial charge in [0.1, 0.15) is 5.82 Å². The first kappa shape index (κ1) is 15.4. The van der Waals surface area contributed by atoms with E-state index >= 15 is 0 Å². The van der Waals surface area contributed by atoms with Crippen molar-refractivity contribution in [1.82, 2.24) is 4.90 Å². The topological polar surface area (TPSA) is 52.9 Å². The third-order valence-electron chi connectivity index (χ3n) is 3.74. The molecule has 4 nitrogen and oxygen atoms in total. The Bertz CT molecular complexity index is 438. The Kier molecular flexibility index (Phi) is 5.54. The molecule has 0 spiro atoms. The maximum absolute atomic E-state index is 13.2. The van der Waals surface area contributed by atoms with Crippen LogP contribution in [0.4, 0.5) is 4.39 Å². The fraction of sp³-hybridized carbons (Fsp3) is 0.571. The highest BCUT2D eigenvalue weighted by Crippen LogP contribution is 2.16. The van der Waals surface area contributed by atoms with Gasteiger partial charge in [-0.3, -0.25) is 0 Å². The molecule has 1 aromatic rings. The molecule has 0 atom stereocenters. The maximum atomic E-state index is 13.2.